The highest BCUT2D eigenvalue weighted by atomic mass is 16.5. The third kappa shape index (κ3) is 5.50. The standard InChI is InChI=1S/C32H36N6O3/c1-4-30(39)38-16-15-37(19-24(38)18-33-2)31-27-21-40-29(26-13-7-10-22-9-5-6-12-25(22)26)17-28(27)34-32(35-31)41-20-23-11-8-14-36(23)3/h4-7,9-10,12-13,23-24,29H,1,8,11,14-21H2,3H3. The normalized spacial score (nSPS) is 22.8. The van der Waals surface area contributed by atoms with Crippen molar-refractivity contribution in [2.75, 3.05) is 51.3 Å². The summed E-state index contributed by atoms with van der Waals surface area (Å²) < 4.78 is 12.8. The third-order valence-corrected chi connectivity index (χ3v) is 8.65. The van der Waals surface area contributed by atoms with E-state index in [2.05, 4.69) is 70.7 Å². The molecule has 1 amide bonds. The van der Waals surface area contributed by atoms with Crippen LogP contribution in [0.2, 0.25) is 0 Å². The van der Waals surface area contributed by atoms with E-state index in [1.54, 1.807) is 4.90 Å². The number of hydrogen-bond acceptors (Lipinski definition) is 7. The first-order chi connectivity index (χ1) is 20.1. The number of nitrogens with zero attached hydrogens (tertiary/aromatic N) is 6. The average molecular weight is 553 g/mol. The summed E-state index contributed by atoms with van der Waals surface area (Å²) in [5, 5.41) is 2.37. The molecule has 1 aromatic heterocycles. The number of carbonyl (C=O) groups is 1. The van der Waals surface area contributed by atoms with Crippen LogP contribution in [-0.2, 0) is 22.6 Å². The molecular weight excluding hydrogens is 516 g/mol. The Hall–Kier alpha value is -4.00. The summed E-state index contributed by atoms with van der Waals surface area (Å²) in [7, 11) is 2.13. The van der Waals surface area contributed by atoms with E-state index in [1.807, 2.05) is 0 Å². The predicted octanol–water partition coefficient (Wildman–Crippen LogP) is 4.04. The molecule has 4 heterocycles. The lowest BCUT2D eigenvalue weighted by atomic mass is 9.94. The Bertz CT molecular complexity index is 1480. The monoisotopic (exact) mass is 552 g/mol. The van der Waals surface area contributed by atoms with E-state index in [0.717, 1.165) is 35.6 Å². The minimum absolute atomic E-state index is 0.137. The molecule has 0 bridgehead atoms. The Balaban J connectivity index is 1.33. The summed E-state index contributed by atoms with van der Waals surface area (Å²) >= 11 is 0. The van der Waals surface area contributed by atoms with E-state index in [9.17, 15) is 4.79 Å². The van der Waals surface area contributed by atoms with E-state index >= 15 is 0 Å². The minimum atomic E-state index is -0.248. The maximum Gasteiger partial charge on any atom is 0.318 e. The summed E-state index contributed by atoms with van der Waals surface area (Å²) in [5.74, 6) is 0.635. The second-order valence-corrected chi connectivity index (χ2v) is 11.1. The van der Waals surface area contributed by atoms with Gasteiger partial charge in [0.15, 0.2) is 0 Å². The molecule has 0 aliphatic carbocycles. The van der Waals surface area contributed by atoms with E-state index in [1.165, 1.54) is 23.3 Å². The molecule has 212 valence electrons. The van der Waals surface area contributed by atoms with Gasteiger partial charge in [-0.2, -0.15) is 9.97 Å². The van der Waals surface area contributed by atoms with Crippen LogP contribution in [0.5, 0.6) is 6.01 Å². The van der Waals surface area contributed by atoms with Crippen molar-refractivity contribution >= 4 is 22.5 Å². The highest BCUT2D eigenvalue weighted by Crippen LogP contribution is 2.38. The number of anilines is 1. The van der Waals surface area contributed by atoms with Gasteiger partial charge in [0.1, 0.15) is 18.5 Å². The van der Waals surface area contributed by atoms with Crippen molar-refractivity contribution in [2.45, 2.75) is 44.1 Å². The van der Waals surface area contributed by atoms with Crippen LogP contribution in [0.25, 0.3) is 15.6 Å². The molecule has 3 aliphatic rings. The van der Waals surface area contributed by atoms with Crippen LogP contribution >= 0.6 is 0 Å². The zero-order valence-electron chi connectivity index (χ0n) is 23.5. The lowest BCUT2D eigenvalue weighted by Crippen LogP contribution is -2.56. The fourth-order valence-corrected chi connectivity index (χ4v) is 6.36. The van der Waals surface area contributed by atoms with Crippen LogP contribution in [0.1, 0.15) is 35.8 Å². The van der Waals surface area contributed by atoms with Crippen LogP contribution < -0.4 is 9.64 Å². The van der Waals surface area contributed by atoms with Gasteiger partial charge in [-0.25, -0.2) is 6.57 Å². The van der Waals surface area contributed by atoms with Gasteiger partial charge >= 0.3 is 6.01 Å². The maximum atomic E-state index is 12.5. The molecule has 0 radical (unpaired) electrons. The van der Waals surface area contributed by atoms with Crippen molar-refractivity contribution in [1.29, 1.82) is 0 Å². The maximum absolute atomic E-state index is 12.5. The van der Waals surface area contributed by atoms with Crippen LogP contribution in [0.3, 0.4) is 0 Å². The van der Waals surface area contributed by atoms with Gasteiger partial charge in [0.05, 0.1) is 18.4 Å². The Morgan fingerprint density at radius 2 is 2.02 bits per heavy atom. The van der Waals surface area contributed by atoms with Crippen molar-refractivity contribution in [1.82, 2.24) is 19.8 Å². The predicted molar refractivity (Wildman–Crippen MR) is 158 cm³/mol. The summed E-state index contributed by atoms with van der Waals surface area (Å²) in [6.45, 7) is 14.9. The molecule has 2 aromatic carbocycles. The Kier molecular flexibility index (Phi) is 7.86. The molecule has 3 aliphatic heterocycles. The molecule has 41 heavy (non-hydrogen) atoms. The number of rotatable bonds is 7. The Morgan fingerprint density at radius 3 is 2.83 bits per heavy atom. The fraction of sp³-hybridized carbons (Fsp3) is 0.438. The molecule has 2 fully saturated rings. The van der Waals surface area contributed by atoms with Gasteiger partial charge in [-0.3, -0.25) is 4.79 Å². The molecule has 3 aromatic rings. The number of fused-ring (bicyclic) bond motifs is 2. The fourth-order valence-electron chi connectivity index (χ4n) is 6.36. The second-order valence-electron chi connectivity index (χ2n) is 11.1. The first-order valence-corrected chi connectivity index (χ1v) is 14.4. The van der Waals surface area contributed by atoms with Gasteiger partial charge in [-0.15, -0.1) is 0 Å². The van der Waals surface area contributed by atoms with Crippen molar-refractivity contribution in [3.63, 3.8) is 0 Å². The van der Waals surface area contributed by atoms with E-state index in [0.29, 0.717) is 51.3 Å². The van der Waals surface area contributed by atoms with Crippen LogP contribution in [0.4, 0.5) is 5.82 Å². The van der Waals surface area contributed by atoms with Gasteiger partial charge < -0.3 is 29.0 Å². The first kappa shape index (κ1) is 27.2. The topological polar surface area (TPSA) is 75.4 Å². The molecule has 9 nitrogen and oxygen atoms in total. The highest BCUT2D eigenvalue weighted by Gasteiger charge is 2.35. The smallest absolute Gasteiger partial charge is 0.318 e. The molecule has 0 saturated carbocycles. The van der Waals surface area contributed by atoms with E-state index in [-0.39, 0.29) is 24.6 Å². The second kappa shape index (κ2) is 11.9. The number of hydrogen-bond donors (Lipinski definition) is 0. The first-order valence-electron chi connectivity index (χ1n) is 14.4. The third-order valence-electron chi connectivity index (χ3n) is 8.65. The number of benzene rings is 2. The summed E-state index contributed by atoms with van der Waals surface area (Å²) in [4.78, 5) is 32.2. The number of aromatic nitrogens is 2. The summed E-state index contributed by atoms with van der Waals surface area (Å²) in [6, 6.07) is 15.2. The lowest BCUT2D eigenvalue weighted by Gasteiger charge is -2.40. The minimum Gasteiger partial charge on any atom is -0.462 e. The number of ether oxygens (including phenoxy) is 2. The number of amides is 1. The molecule has 2 saturated heterocycles. The highest BCUT2D eigenvalue weighted by molar-refractivity contribution is 5.87. The van der Waals surface area contributed by atoms with Crippen molar-refractivity contribution < 1.29 is 14.3 Å². The number of likely N-dealkylation sites (tertiary alicyclic amines) is 1. The van der Waals surface area contributed by atoms with Crippen LogP contribution in [-0.4, -0.2) is 84.1 Å². The quantitative estimate of drug-likeness (QED) is 0.324. The molecule has 6 rings (SSSR count). The SMILES string of the molecule is [C-]#[N+]CC1CN(c2nc(OCC3CCCN3C)nc3c2COC(c2cccc4ccccc24)C3)CCN1C(=O)C=C. The molecule has 0 spiro atoms. The van der Waals surface area contributed by atoms with Crippen LogP contribution in [0.15, 0.2) is 55.1 Å². The number of carbonyl (C=O) groups excluding carboxylic acids is 1. The summed E-state index contributed by atoms with van der Waals surface area (Å²) in [5.41, 5.74) is 3.04. The molecule has 3 unspecified atom stereocenters. The Labute approximate surface area is 241 Å². The van der Waals surface area contributed by atoms with Crippen molar-refractivity contribution in [2.24, 2.45) is 0 Å². The largest absolute Gasteiger partial charge is 0.462 e. The van der Waals surface area contributed by atoms with Gasteiger partial charge in [0.25, 0.3) is 0 Å². The molecule has 9 heteroatoms. The average Bonchev–Trinajstić information content (AvgIpc) is 3.43. The van der Waals surface area contributed by atoms with Gasteiger partial charge in [0, 0.05) is 37.7 Å². The lowest BCUT2D eigenvalue weighted by molar-refractivity contribution is -0.128. The number of likely N-dealkylation sites (N-methyl/N-ethyl adjacent to an activating group) is 1. The number of piperazine rings is 1. The molecule has 3 atom stereocenters. The molecular formula is C32H36N6O3. The molecule has 0 N–H and O–H groups in total. The van der Waals surface area contributed by atoms with Gasteiger partial charge in [-0.1, -0.05) is 49.0 Å². The zero-order chi connectivity index (χ0) is 28.3. The van der Waals surface area contributed by atoms with E-state index < -0.39 is 0 Å². The van der Waals surface area contributed by atoms with E-state index in [4.69, 9.17) is 26.0 Å². The van der Waals surface area contributed by atoms with Crippen LogP contribution in [0, 0.1) is 6.57 Å². The zero-order valence-corrected chi connectivity index (χ0v) is 23.5. The van der Waals surface area contributed by atoms with Gasteiger partial charge in [0.2, 0.25) is 12.5 Å². The van der Waals surface area contributed by atoms with Gasteiger partial charge in [-0.05, 0) is 48.8 Å². The van der Waals surface area contributed by atoms with Crippen molar-refractivity contribution in [3.8, 4) is 6.01 Å². The Morgan fingerprint density at radius 1 is 1.17 bits per heavy atom. The van der Waals surface area contributed by atoms with Crippen molar-refractivity contribution in [3.05, 3.63) is 83.4 Å². The summed E-state index contributed by atoms with van der Waals surface area (Å²) in [6.07, 6.45) is 4.07.